The third-order valence-corrected chi connectivity index (χ3v) is 6.98. The summed E-state index contributed by atoms with van der Waals surface area (Å²) in [6.45, 7) is 9.46. The summed E-state index contributed by atoms with van der Waals surface area (Å²) in [6.07, 6.45) is 0. The number of rotatable bonds is 2. The van der Waals surface area contributed by atoms with E-state index in [0.29, 0.717) is 21.6 Å². The van der Waals surface area contributed by atoms with Gasteiger partial charge in [-0.3, -0.25) is 0 Å². The molecule has 0 aliphatic heterocycles. The van der Waals surface area contributed by atoms with Crippen molar-refractivity contribution in [3.05, 3.63) is 47.0 Å². The summed E-state index contributed by atoms with van der Waals surface area (Å²) in [5.74, 6) is 0.639. The molecule has 1 aliphatic carbocycles. The second-order valence-electron chi connectivity index (χ2n) is 7.01. The molecule has 1 saturated carbocycles. The Bertz CT molecular complexity index is 658. The highest BCUT2D eigenvalue weighted by molar-refractivity contribution is 9.09. The van der Waals surface area contributed by atoms with E-state index in [1.165, 1.54) is 10.9 Å². The fourth-order valence-corrected chi connectivity index (χ4v) is 5.63. The smallest absolute Gasteiger partial charge is 0.0484 e. The van der Waals surface area contributed by atoms with Gasteiger partial charge in [-0.1, -0.05) is 85.6 Å². The number of alkyl halides is 1. The zero-order valence-electron chi connectivity index (χ0n) is 12.4. The van der Waals surface area contributed by atoms with Crippen LogP contribution in [0.5, 0.6) is 0 Å². The summed E-state index contributed by atoms with van der Waals surface area (Å²) in [7, 11) is 0. The zero-order chi connectivity index (χ0) is 14.7. The Balaban J connectivity index is 2.11. The van der Waals surface area contributed by atoms with Gasteiger partial charge in [0.15, 0.2) is 0 Å². The minimum atomic E-state index is 0.363. The number of benzene rings is 2. The highest BCUT2D eigenvalue weighted by atomic mass is 79.9. The molecular formula is C18H20BrCl. The summed E-state index contributed by atoms with van der Waals surface area (Å²) in [5, 5.41) is 3.24. The monoisotopic (exact) mass is 350 g/mol. The first kappa shape index (κ1) is 14.4. The van der Waals surface area contributed by atoms with E-state index in [4.69, 9.17) is 11.6 Å². The molecule has 106 valence electrons. The summed E-state index contributed by atoms with van der Waals surface area (Å²) >= 11 is 10.3. The molecule has 0 bridgehead atoms. The van der Waals surface area contributed by atoms with Crippen molar-refractivity contribution in [3.63, 3.8) is 0 Å². The molecule has 2 heteroatoms. The lowest BCUT2D eigenvalue weighted by molar-refractivity contribution is 0.457. The van der Waals surface area contributed by atoms with E-state index < -0.39 is 0 Å². The molecule has 0 amide bonds. The standard InChI is InChI=1S/C18H20BrCl/c1-17(2)16(18(17,3)4)15(19)13-9-10-14(20)12-8-6-5-7-11(12)13/h5-10,15-16H,1-4H3. The Morgan fingerprint density at radius 3 is 2.05 bits per heavy atom. The van der Waals surface area contributed by atoms with E-state index in [0.717, 1.165) is 10.4 Å². The lowest BCUT2D eigenvalue weighted by atomic mass is 9.97. The predicted octanol–water partition coefficient (Wildman–Crippen LogP) is 6.61. The van der Waals surface area contributed by atoms with Gasteiger partial charge in [-0.2, -0.15) is 0 Å². The summed E-state index contributed by atoms with van der Waals surface area (Å²) in [4.78, 5) is 0.370. The molecule has 0 nitrogen and oxygen atoms in total. The number of halogens is 2. The van der Waals surface area contributed by atoms with Crippen LogP contribution >= 0.6 is 27.5 Å². The van der Waals surface area contributed by atoms with Gasteiger partial charge in [-0.25, -0.2) is 0 Å². The number of fused-ring (bicyclic) bond motifs is 1. The van der Waals surface area contributed by atoms with Crippen molar-refractivity contribution >= 4 is 38.3 Å². The quantitative estimate of drug-likeness (QED) is 0.534. The van der Waals surface area contributed by atoms with Crippen LogP contribution in [-0.2, 0) is 0 Å². The largest absolute Gasteiger partial charge is 0.0837 e. The van der Waals surface area contributed by atoms with Crippen LogP contribution in [0, 0.1) is 16.7 Å². The summed E-state index contributed by atoms with van der Waals surface area (Å²) in [5.41, 5.74) is 2.08. The third kappa shape index (κ3) is 1.86. The Morgan fingerprint density at radius 2 is 1.50 bits per heavy atom. The van der Waals surface area contributed by atoms with Gasteiger partial charge < -0.3 is 0 Å². The Hall–Kier alpha value is -0.530. The molecule has 20 heavy (non-hydrogen) atoms. The highest BCUT2D eigenvalue weighted by Gasteiger charge is 2.66. The van der Waals surface area contributed by atoms with Crippen molar-refractivity contribution in [1.82, 2.24) is 0 Å². The Morgan fingerprint density at radius 1 is 0.950 bits per heavy atom. The minimum absolute atomic E-state index is 0.363. The van der Waals surface area contributed by atoms with Gasteiger partial charge in [0, 0.05) is 15.2 Å². The van der Waals surface area contributed by atoms with Gasteiger partial charge in [0.1, 0.15) is 0 Å². The van der Waals surface area contributed by atoms with Crippen molar-refractivity contribution < 1.29 is 0 Å². The first-order valence-corrected chi connectivity index (χ1v) is 8.39. The topological polar surface area (TPSA) is 0 Å². The summed E-state index contributed by atoms with van der Waals surface area (Å²) in [6, 6.07) is 12.6. The number of hydrogen-bond acceptors (Lipinski definition) is 0. The van der Waals surface area contributed by atoms with E-state index in [2.05, 4.69) is 67.9 Å². The van der Waals surface area contributed by atoms with Gasteiger partial charge >= 0.3 is 0 Å². The molecule has 0 aromatic heterocycles. The van der Waals surface area contributed by atoms with Gasteiger partial charge in [0.2, 0.25) is 0 Å². The molecule has 0 saturated heterocycles. The van der Waals surface area contributed by atoms with Gasteiger partial charge in [0.25, 0.3) is 0 Å². The van der Waals surface area contributed by atoms with Crippen LogP contribution in [0.2, 0.25) is 5.02 Å². The van der Waals surface area contributed by atoms with E-state index in [-0.39, 0.29) is 0 Å². The maximum absolute atomic E-state index is 6.33. The molecular weight excluding hydrogens is 332 g/mol. The van der Waals surface area contributed by atoms with Crippen molar-refractivity contribution in [1.29, 1.82) is 0 Å². The van der Waals surface area contributed by atoms with Crippen LogP contribution in [0.25, 0.3) is 10.8 Å². The van der Waals surface area contributed by atoms with Crippen LogP contribution in [0.1, 0.15) is 38.1 Å². The van der Waals surface area contributed by atoms with E-state index in [1.807, 2.05) is 12.1 Å². The minimum Gasteiger partial charge on any atom is -0.0837 e. The molecule has 0 heterocycles. The van der Waals surface area contributed by atoms with E-state index >= 15 is 0 Å². The maximum Gasteiger partial charge on any atom is 0.0484 e. The van der Waals surface area contributed by atoms with Crippen LogP contribution in [-0.4, -0.2) is 0 Å². The average Bonchev–Trinajstić information content (AvgIpc) is 2.80. The number of hydrogen-bond donors (Lipinski definition) is 0. The molecule has 1 atom stereocenters. The molecule has 1 unspecified atom stereocenters. The van der Waals surface area contributed by atoms with E-state index in [9.17, 15) is 0 Å². The Kier molecular flexibility index (Phi) is 3.23. The lowest BCUT2D eigenvalue weighted by Crippen LogP contribution is -2.00. The predicted molar refractivity (Wildman–Crippen MR) is 91.7 cm³/mol. The van der Waals surface area contributed by atoms with Crippen LogP contribution in [0.4, 0.5) is 0 Å². The molecule has 2 aromatic rings. The van der Waals surface area contributed by atoms with Crippen molar-refractivity contribution in [2.24, 2.45) is 16.7 Å². The van der Waals surface area contributed by atoms with Gasteiger partial charge in [-0.15, -0.1) is 0 Å². The van der Waals surface area contributed by atoms with Crippen LogP contribution in [0.15, 0.2) is 36.4 Å². The summed E-state index contributed by atoms with van der Waals surface area (Å²) < 4.78 is 0. The van der Waals surface area contributed by atoms with E-state index in [1.54, 1.807) is 0 Å². The van der Waals surface area contributed by atoms with Crippen LogP contribution < -0.4 is 0 Å². The molecule has 2 aromatic carbocycles. The van der Waals surface area contributed by atoms with Gasteiger partial charge in [0.05, 0.1) is 0 Å². The second kappa shape index (κ2) is 4.48. The van der Waals surface area contributed by atoms with Gasteiger partial charge in [-0.05, 0) is 33.8 Å². The zero-order valence-corrected chi connectivity index (χ0v) is 14.7. The van der Waals surface area contributed by atoms with Crippen LogP contribution in [0.3, 0.4) is 0 Å². The molecule has 0 N–H and O–H groups in total. The lowest BCUT2D eigenvalue weighted by Gasteiger charge is -2.16. The molecule has 3 rings (SSSR count). The first-order chi connectivity index (χ1) is 9.28. The first-order valence-electron chi connectivity index (χ1n) is 7.09. The second-order valence-corrected chi connectivity index (χ2v) is 8.40. The van der Waals surface area contributed by atoms with Crippen molar-refractivity contribution in [2.75, 3.05) is 0 Å². The third-order valence-electron chi connectivity index (χ3n) is 5.63. The van der Waals surface area contributed by atoms with Crippen molar-refractivity contribution in [2.45, 2.75) is 32.5 Å². The molecule has 1 fully saturated rings. The SMILES string of the molecule is CC1(C)C(C(Br)c2ccc(Cl)c3ccccc23)C1(C)C. The Labute approximate surface area is 134 Å². The van der Waals surface area contributed by atoms with Crippen molar-refractivity contribution in [3.8, 4) is 0 Å². The molecule has 0 spiro atoms. The average molecular weight is 352 g/mol. The highest BCUT2D eigenvalue weighted by Crippen LogP contribution is 2.74. The fourth-order valence-electron chi connectivity index (χ4n) is 3.68. The molecule has 1 aliphatic rings. The normalized spacial score (nSPS) is 21.9. The molecule has 0 radical (unpaired) electrons. The maximum atomic E-state index is 6.33. The fraction of sp³-hybridized carbons (Fsp3) is 0.444.